The highest BCUT2D eigenvalue weighted by atomic mass is 16.3. The van der Waals surface area contributed by atoms with Crippen molar-refractivity contribution >= 4 is 5.69 Å². The zero-order valence-electron chi connectivity index (χ0n) is 10.9. The van der Waals surface area contributed by atoms with Gasteiger partial charge in [-0.15, -0.1) is 0 Å². The third-order valence-electron chi connectivity index (χ3n) is 3.06. The summed E-state index contributed by atoms with van der Waals surface area (Å²) in [5.74, 6) is 0.495. The summed E-state index contributed by atoms with van der Waals surface area (Å²) in [5.41, 5.74) is 2.23. The van der Waals surface area contributed by atoms with Gasteiger partial charge < -0.3 is 20.6 Å². The van der Waals surface area contributed by atoms with Crippen molar-refractivity contribution in [1.82, 2.24) is 0 Å². The Bertz CT molecular complexity index is 596. The van der Waals surface area contributed by atoms with Crippen molar-refractivity contribution in [2.75, 3.05) is 5.32 Å². The summed E-state index contributed by atoms with van der Waals surface area (Å²) >= 11 is 0. The van der Waals surface area contributed by atoms with Crippen LogP contribution in [-0.2, 0) is 0 Å². The maximum absolute atomic E-state index is 9.79. The topological polar surface area (TPSA) is 72.7 Å². The molecule has 0 amide bonds. The highest BCUT2D eigenvalue weighted by Crippen LogP contribution is 2.30. The number of phenols is 3. The summed E-state index contributed by atoms with van der Waals surface area (Å²) in [6.07, 6.45) is 0. The summed E-state index contributed by atoms with van der Waals surface area (Å²) in [6.45, 7) is 3.70. The van der Waals surface area contributed by atoms with E-state index in [0.29, 0.717) is 5.56 Å². The molecule has 1 unspecified atom stereocenters. The van der Waals surface area contributed by atoms with E-state index < -0.39 is 0 Å². The standard InChI is InChI=1S/C15H17NO3/c1-9-7-11(3-5-14(9)18)16-10(2)13-8-12(17)4-6-15(13)19/h3-8,10,16-19H,1-2H3. The average molecular weight is 259 g/mol. The van der Waals surface area contributed by atoms with Crippen LogP contribution in [0.25, 0.3) is 0 Å². The number of hydrogen-bond acceptors (Lipinski definition) is 4. The Morgan fingerprint density at radius 3 is 2.32 bits per heavy atom. The lowest BCUT2D eigenvalue weighted by Gasteiger charge is -2.17. The third-order valence-corrected chi connectivity index (χ3v) is 3.06. The van der Waals surface area contributed by atoms with Crippen molar-refractivity contribution in [3.8, 4) is 17.2 Å². The predicted octanol–water partition coefficient (Wildman–Crippen LogP) is 3.28. The SMILES string of the molecule is Cc1cc(NC(C)c2cc(O)ccc2O)ccc1O. The Hall–Kier alpha value is -2.36. The van der Waals surface area contributed by atoms with E-state index in [2.05, 4.69) is 5.32 Å². The van der Waals surface area contributed by atoms with Crippen LogP contribution in [0.5, 0.6) is 17.2 Å². The van der Waals surface area contributed by atoms with Crippen LogP contribution in [-0.4, -0.2) is 15.3 Å². The fourth-order valence-electron chi connectivity index (χ4n) is 1.96. The summed E-state index contributed by atoms with van der Waals surface area (Å²) in [5, 5.41) is 31.9. The van der Waals surface area contributed by atoms with E-state index in [-0.39, 0.29) is 23.3 Å². The van der Waals surface area contributed by atoms with Crippen LogP contribution < -0.4 is 5.32 Å². The molecule has 0 radical (unpaired) electrons. The van der Waals surface area contributed by atoms with Gasteiger partial charge in [0.05, 0.1) is 6.04 Å². The van der Waals surface area contributed by atoms with Gasteiger partial charge in [-0.05, 0) is 55.8 Å². The minimum absolute atomic E-state index is 0.114. The van der Waals surface area contributed by atoms with Crippen LogP contribution in [0.15, 0.2) is 36.4 Å². The van der Waals surface area contributed by atoms with Crippen LogP contribution in [0.3, 0.4) is 0 Å². The maximum Gasteiger partial charge on any atom is 0.121 e. The van der Waals surface area contributed by atoms with Gasteiger partial charge in [0.15, 0.2) is 0 Å². The van der Waals surface area contributed by atoms with Crippen molar-refractivity contribution < 1.29 is 15.3 Å². The first kappa shape index (κ1) is 13.1. The summed E-state index contributed by atoms with van der Waals surface area (Å²) in [7, 11) is 0. The molecule has 0 aliphatic heterocycles. The molecule has 0 saturated heterocycles. The number of hydrogen-bond donors (Lipinski definition) is 4. The zero-order chi connectivity index (χ0) is 14.0. The fraction of sp³-hybridized carbons (Fsp3) is 0.200. The molecule has 2 aromatic rings. The van der Waals surface area contributed by atoms with Crippen LogP contribution in [0.1, 0.15) is 24.1 Å². The predicted molar refractivity (Wildman–Crippen MR) is 74.7 cm³/mol. The number of anilines is 1. The van der Waals surface area contributed by atoms with Gasteiger partial charge in [-0.1, -0.05) is 0 Å². The number of phenolic OH excluding ortho intramolecular Hbond substituents is 3. The summed E-state index contributed by atoms with van der Waals surface area (Å²) in [4.78, 5) is 0. The van der Waals surface area contributed by atoms with Crippen molar-refractivity contribution in [2.45, 2.75) is 19.9 Å². The maximum atomic E-state index is 9.79. The minimum atomic E-state index is -0.170. The van der Waals surface area contributed by atoms with Crippen LogP contribution >= 0.6 is 0 Å². The Labute approximate surface area is 112 Å². The molecule has 0 saturated carbocycles. The Balaban J connectivity index is 2.22. The molecule has 0 heterocycles. The van der Waals surface area contributed by atoms with E-state index in [1.54, 1.807) is 12.1 Å². The molecule has 2 rings (SSSR count). The largest absolute Gasteiger partial charge is 0.508 e. The first-order chi connectivity index (χ1) is 8.97. The molecule has 2 aromatic carbocycles. The van der Waals surface area contributed by atoms with E-state index in [0.717, 1.165) is 11.3 Å². The van der Waals surface area contributed by atoms with Crippen LogP contribution in [0.2, 0.25) is 0 Å². The Morgan fingerprint density at radius 2 is 1.63 bits per heavy atom. The molecule has 0 fully saturated rings. The first-order valence-corrected chi connectivity index (χ1v) is 6.05. The van der Waals surface area contributed by atoms with Crippen molar-refractivity contribution in [1.29, 1.82) is 0 Å². The van der Waals surface area contributed by atoms with Gasteiger partial charge in [0.2, 0.25) is 0 Å². The second kappa shape index (κ2) is 5.10. The lowest BCUT2D eigenvalue weighted by atomic mass is 10.1. The summed E-state index contributed by atoms with van der Waals surface area (Å²) < 4.78 is 0. The highest BCUT2D eigenvalue weighted by molar-refractivity contribution is 5.53. The van der Waals surface area contributed by atoms with Crippen LogP contribution in [0.4, 0.5) is 5.69 Å². The quantitative estimate of drug-likeness (QED) is 0.638. The molecule has 0 aliphatic carbocycles. The molecule has 1 atom stereocenters. The van der Waals surface area contributed by atoms with Gasteiger partial charge in [-0.25, -0.2) is 0 Å². The van der Waals surface area contributed by atoms with Gasteiger partial charge in [0.25, 0.3) is 0 Å². The molecule has 100 valence electrons. The normalized spacial score (nSPS) is 12.1. The molecule has 0 aromatic heterocycles. The fourth-order valence-corrected chi connectivity index (χ4v) is 1.96. The summed E-state index contributed by atoms with van der Waals surface area (Å²) in [6, 6.07) is 9.47. The monoisotopic (exact) mass is 259 g/mol. The van der Waals surface area contributed by atoms with Gasteiger partial charge in [0.1, 0.15) is 17.2 Å². The molecule has 4 heteroatoms. The smallest absolute Gasteiger partial charge is 0.121 e. The van der Waals surface area contributed by atoms with E-state index >= 15 is 0 Å². The molecule has 0 aliphatic rings. The van der Waals surface area contributed by atoms with E-state index in [9.17, 15) is 15.3 Å². The number of aryl methyl sites for hydroxylation is 1. The van der Waals surface area contributed by atoms with Gasteiger partial charge >= 0.3 is 0 Å². The number of aromatic hydroxyl groups is 3. The number of rotatable bonds is 3. The van der Waals surface area contributed by atoms with E-state index in [1.165, 1.54) is 18.2 Å². The molecule has 4 nitrogen and oxygen atoms in total. The molecule has 19 heavy (non-hydrogen) atoms. The van der Waals surface area contributed by atoms with Crippen molar-refractivity contribution in [2.24, 2.45) is 0 Å². The minimum Gasteiger partial charge on any atom is -0.508 e. The van der Waals surface area contributed by atoms with Crippen molar-refractivity contribution in [3.05, 3.63) is 47.5 Å². The molecular weight excluding hydrogens is 242 g/mol. The highest BCUT2D eigenvalue weighted by Gasteiger charge is 2.11. The first-order valence-electron chi connectivity index (χ1n) is 6.05. The van der Waals surface area contributed by atoms with E-state index in [1.807, 2.05) is 19.9 Å². The second-order valence-electron chi connectivity index (χ2n) is 4.61. The van der Waals surface area contributed by atoms with E-state index in [4.69, 9.17) is 0 Å². The Morgan fingerprint density at radius 1 is 0.947 bits per heavy atom. The number of benzene rings is 2. The molecule has 0 bridgehead atoms. The van der Waals surface area contributed by atoms with Gasteiger partial charge in [-0.3, -0.25) is 0 Å². The molecular formula is C15H17NO3. The Kier molecular flexibility index (Phi) is 3.51. The molecule has 4 N–H and O–H groups in total. The zero-order valence-corrected chi connectivity index (χ0v) is 10.9. The van der Waals surface area contributed by atoms with Gasteiger partial charge in [-0.2, -0.15) is 0 Å². The lowest BCUT2D eigenvalue weighted by Crippen LogP contribution is -2.06. The van der Waals surface area contributed by atoms with Gasteiger partial charge in [0, 0.05) is 11.3 Å². The third kappa shape index (κ3) is 2.91. The second-order valence-corrected chi connectivity index (χ2v) is 4.61. The van der Waals surface area contributed by atoms with Crippen LogP contribution in [0, 0.1) is 6.92 Å². The lowest BCUT2D eigenvalue weighted by molar-refractivity contribution is 0.451. The number of nitrogens with one attached hydrogen (secondary N) is 1. The molecule has 0 spiro atoms. The average Bonchev–Trinajstić information content (AvgIpc) is 2.36. The van der Waals surface area contributed by atoms with Crippen molar-refractivity contribution in [3.63, 3.8) is 0 Å².